The quantitative estimate of drug-likeness (QED) is 0.232. The smallest absolute Gasteiger partial charge is 0.162 e. The summed E-state index contributed by atoms with van der Waals surface area (Å²) in [6.45, 7) is 12.5. The van der Waals surface area contributed by atoms with Crippen molar-refractivity contribution in [3.63, 3.8) is 0 Å². The molecule has 0 atom stereocenters. The third-order valence-electron chi connectivity index (χ3n) is 4.77. The van der Waals surface area contributed by atoms with Crippen LogP contribution in [0.4, 0.5) is 0 Å². The molecule has 2 rings (SSSR count). The van der Waals surface area contributed by atoms with Crippen LogP contribution in [0.15, 0.2) is 43.0 Å². The van der Waals surface area contributed by atoms with Gasteiger partial charge >= 0.3 is 0 Å². The molecule has 180 valence electrons. The first-order chi connectivity index (χ1) is 15.8. The highest BCUT2D eigenvalue weighted by atomic mass is 16.5. The van der Waals surface area contributed by atoms with Gasteiger partial charge in [0.05, 0.1) is 26.4 Å². The number of ether oxygens (including phenoxy) is 4. The molecule has 0 saturated carbocycles. The highest BCUT2D eigenvalue weighted by Crippen LogP contribution is 2.34. The molecule has 0 heterocycles. The van der Waals surface area contributed by atoms with Crippen molar-refractivity contribution in [2.45, 2.75) is 46.3 Å². The van der Waals surface area contributed by atoms with Gasteiger partial charge in [-0.3, -0.25) is 0 Å². The van der Waals surface area contributed by atoms with Gasteiger partial charge in [0.15, 0.2) is 23.0 Å². The average Bonchev–Trinajstić information content (AvgIpc) is 2.76. The number of hydrogen-bond donors (Lipinski definition) is 1. The summed E-state index contributed by atoms with van der Waals surface area (Å²) in [6, 6.07) is 9.80. The first-order valence-corrected chi connectivity index (χ1v) is 11.2. The Morgan fingerprint density at radius 2 is 1.52 bits per heavy atom. The second kappa shape index (κ2) is 12.9. The van der Waals surface area contributed by atoms with Crippen LogP contribution < -0.4 is 18.9 Å². The SMILES string of the molecule is C=CCN(O)CCc1cc(OC)c(OC(C)C)cc1/C=C\c1ccc(OC)c(OC(C)C)c1. The third kappa shape index (κ3) is 8.15. The molecule has 33 heavy (non-hydrogen) atoms. The van der Waals surface area contributed by atoms with Crippen LogP contribution in [-0.2, 0) is 6.42 Å². The zero-order valence-electron chi connectivity index (χ0n) is 20.6. The van der Waals surface area contributed by atoms with Gasteiger partial charge in [-0.05, 0) is 75.1 Å². The Bertz CT molecular complexity index is 936. The van der Waals surface area contributed by atoms with E-state index in [0.29, 0.717) is 42.5 Å². The third-order valence-corrected chi connectivity index (χ3v) is 4.77. The van der Waals surface area contributed by atoms with Crippen molar-refractivity contribution in [2.75, 3.05) is 27.3 Å². The molecule has 2 aromatic rings. The molecule has 0 amide bonds. The number of hydrogen-bond acceptors (Lipinski definition) is 6. The second-order valence-corrected chi connectivity index (χ2v) is 8.23. The van der Waals surface area contributed by atoms with E-state index >= 15 is 0 Å². The largest absolute Gasteiger partial charge is 0.493 e. The van der Waals surface area contributed by atoms with Crippen LogP contribution in [0.25, 0.3) is 12.2 Å². The van der Waals surface area contributed by atoms with Crippen LogP contribution in [0, 0.1) is 0 Å². The van der Waals surface area contributed by atoms with E-state index in [0.717, 1.165) is 16.7 Å². The van der Waals surface area contributed by atoms with Gasteiger partial charge in [0, 0.05) is 13.1 Å². The molecule has 0 aliphatic rings. The van der Waals surface area contributed by atoms with Gasteiger partial charge in [0.2, 0.25) is 0 Å². The number of methoxy groups -OCH3 is 2. The molecule has 0 bridgehead atoms. The van der Waals surface area contributed by atoms with Crippen molar-refractivity contribution in [3.8, 4) is 23.0 Å². The van der Waals surface area contributed by atoms with Gasteiger partial charge in [-0.1, -0.05) is 24.3 Å². The van der Waals surface area contributed by atoms with Crippen LogP contribution in [-0.4, -0.2) is 49.8 Å². The molecule has 1 N–H and O–H groups in total. The summed E-state index contributed by atoms with van der Waals surface area (Å²) in [5.41, 5.74) is 3.00. The van der Waals surface area contributed by atoms with Crippen molar-refractivity contribution >= 4 is 12.2 Å². The van der Waals surface area contributed by atoms with Crippen LogP contribution in [0.5, 0.6) is 23.0 Å². The summed E-state index contributed by atoms with van der Waals surface area (Å²) in [4.78, 5) is 0. The molecule has 0 aliphatic carbocycles. The average molecular weight is 456 g/mol. The van der Waals surface area contributed by atoms with Crippen LogP contribution >= 0.6 is 0 Å². The Hall–Kier alpha value is -2.96. The fourth-order valence-corrected chi connectivity index (χ4v) is 3.31. The van der Waals surface area contributed by atoms with E-state index in [4.69, 9.17) is 18.9 Å². The lowest BCUT2D eigenvalue weighted by molar-refractivity contribution is -0.0789. The van der Waals surface area contributed by atoms with Crippen molar-refractivity contribution in [3.05, 3.63) is 59.7 Å². The minimum atomic E-state index is 0.0134. The Kier molecular flexibility index (Phi) is 10.3. The van der Waals surface area contributed by atoms with Gasteiger partial charge in [-0.2, -0.15) is 5.06 Å². The van der Waals surface area contributed by atoms with Crippen LogP contribution in [0.3, 0.4) is 0 Å². The van der Waals surface area contributed by atoms with Gasteiger partial charge in [0.1, 0.15) is 0 Å². The summed E-state index contributed by atoms with van der Waals surface area (Å²) in [6.07, 6.45) is 6.42. The van der Waals surface area contributed by atoms with E-state index in [1.807, 2.05) is 70.2 Å². The van der Waals surface area contributed by atoms with E-state index in [2.05, 4.69) is 6.58 Å². The maximum Gasteiger partial charge on any atom is 0.162 e. The summed E-state index contributed by atoms with van der Waals surface area (Å²) in [5.74, 6) is 2.75. The van der Waals surface area contributed by atoms with Gasteiger partial charge < -0.3 is 24.2 Å². The first-order valence-electron chi connectivity index (χ1n) is 11.2. The van der Waals surface area contributed by atoms with Gasteiger partial charge in [-0.25, -0.2) is 0 Å². The van der Waals surface area contributed by atoms with Gasteiger partial charge in [0.25, 0.3) is 0 Å². The molecule has 0 saturated heterocycles. The molecule has 6 heteroatoms. The van der Waals surface area contributed by atoms with Crippen molar-refractivity contribution in [1.29, 1.82) is 0 Å². The van der Waals surface area contributed by atoms with Gasteiger partial charge in [-0.15, -0.1) is 6.58 Å². The number of hydroxylamine groups is 2. The van der Waals surface area contributed by atoms with E-state index in [1.165, 1.54) is 5.06 Å². The summed E-state index contributed by atoms with van der Waals surface area (Å²) < 4.78 is 22.9. The standard InChI is InChI=1S/C27H37NO5/c1-8-14-28(29)15-13-23-17-25(31-7)27(33-20(4)5)18-22(23)11-9-21-10-12-24(30-6)26(16-21)32-19(2)3/h8-12,16-20,29H,1,13-15H2,2-7H3/b11-9-. The monoisotopic (exact) mass is 455 g/mol. The topological polar surface area (TPSA) is 60.4 Å². The molecular formula is C27H37NO5. The zero-order chi connectivity index (χ0) is 24.4. The Morgan fingerprint density at radius 3 is 2.09 bits per heavy atom. The summed E-state index contributed by atoms with van der Waals surface area (Å²) >= 11 is 0. The maximum absolute atomic E-state index is 10.0. The van der Waals surface area contributed by atoms with E-state index in [-0.39, 0.29) is 12.2 Å². The normalized spacial score (nSPS) is 11.5. The first kappa shape index (κ1) is 26.3. The molecule has 0 aromatic heterocycles. The fraction of sp³-hybridized carbons (Fsp3) is 0.407. The molecule has 0 spiro atoms. The van der Waals surface area contributed by atoms with E-state index in [9.17, 15) is 5.21 Å². The maximum atomic E-state index is 10.0. The minimum absolute atomic E-state index is 0.0134. The van der Waals surface area contributed by atoms with Crippen molar-refractivity contribution in [1.82, 2.24) is 5.06 Å². The van der Waals surface area contributed by atoms with Crippen molar-refractivity contribution < 1.29 is 24.2 Å². The van der Waals surface area contributed by atoms with E-state index in [1.54, 1.807) is 20.3 Å². The number of nitrogens with zero attached hydrogens (tertiary/aromatic N) is 1. The minimum Gasteiger partial charge on any atom is -0.493 e. The second-order valence-electron chi connectivity index (χ2n) is 8.23. The zero-order valence-corrected chi connectivity index (χ0v) is 20.6. The summed E-state index contributed by atoms with van der Waals surface area (Å²) in [5, 5.41) is 11.3. The van der Waals surface area contributed by atoms with Crippen LogP contribution in [0.2, 0.25) is 0 Å². The Morgan fingerprint density at radius 1 is 0.879 bits per heavy atom. The molecule has 6 nitrogen and oxygen atoms in total. The number of rotatable bonds is 13. The Balaban J connectivity index is 2.42. The summed E-state index contributed by atoms with van der Waals surface area (Å²) in [7, 11) is 3.26. The highest BCUT2D eigenvalue weighted by Gasteiger charge is 2.13. The fourth-order valence-electron chi connectivity index (χ4n) is 3.31. The predicted molar refractivity (Wildman–Crippen MR) is 134 cm³/mol. The van der Waals surface area contributed by atoms with Crippen LogP contribution in [0.1, 0.15) is 44.4 Å². The molecule has 0 aliphatic heterocycles. The molecule has 0 unspecified atom stereocenters. The highest BCUT2D eigenvalue weighted by molar-refractivity contribution is 5.74. The molecule has 2 aromatic carbocycles. The predicted octanol–water partition coefficient (Wildman–Crippen LogP) is 5.87. The molecular weight excluding hydrogens is 418 g/mol. The Labute approximate surface area is 198 Å². The lowest BCUT2D eigenvalue weighted by Crippen LogP contribution is -2.22. The van der Waals surface area contributed by atoms with Crippen molar-refractivity contribution in [2.24, 2.45) is 0 Å². The lowest BCUT2D eigenvalue weighted by atomic mass is 10.0. The molecule has 0 radical (unpaired) electrons. The molecule has 0 fully saturated rings. The number of benzene rings is 2. The lowest BCUT2D eigenvalue weighted by Gasteiger charge is -2.18. The van der Waals surface area contributed by atoms with E-state index < -0.39 is 0 Å².